The van der Waals surface area contributed by atoms with Crippen LogP contribution in [-0.2, 0) is 6.54 Å². The lowest BCUT2D eigenvalue weighted by Gasteiger charge is -2.12. The van der Waals surface area contributed by atoms with Crippen LogP contribution in [0.25, 0.3) is 0 Å². The third kappa shape index (κ3) is 2.57. The van der Waals surface area contributed by atoms with Gasteiger partial charge in [0.2, 0.25) is 5.78 Å². The first-order valence-corrected chi connectivity index (χ1v) is 5.21. The molecule has 92 valence electrons. The fourth-order valence-corrected chi connectivity index (χ4v) is 1.70. The number of aromatic nitrogens is 2. The van der Waals surface area contributed by atoms with E-state index in [0.717, 1.165) is 23.5 Å². The minimum atomic E-state index is -4.36. The number of nitrogens with zero attached hydrogens (tertiary/aromatic N) is 2. The van der Waals surface area contributed by atoms with Crippen LogP contribution in [0.3, 0.4) is 0 Å². The minimum absolute atomic E-state index is 0.0424. The third-order valence-corrected chi connectivity index (χ3v) is 2.60. The van der Waals surface area contributed by atoms with Gasteiger partial charge in [0, 0.05) is 5.92 Å². The number of hydrogen-bond acceptors (Lipinski definition) is 2. The van der Waals surface area contributed by atoms with Gasteiger partial charge in [0.25, 0.3) is 0 Å². The number of alkyl halides is 3. The quantitative estimate of drug-likeness (QED) is 0.603. The molecule has 0 aromatic carbocycles. The van der Waals surface area contributed by atoms with Crippen LogP contribution in [0.15, 0.2) is 18.9 Å². The second-order valence-corrected chi connectivity index (χ2v) is 4.05. The van der Waals surface area contributed by atoms with Crippen molar-refractivity contribution in [2.45, 2.75) is 31.5 Å². The molecule has 1 aromatic heterocycles. The van der Waals surface area contributed by atoms with Crippen molar-refractivity contribution in [3.8, 4) is 0 Å². The summed E-state index contributed by atoms with van der Waals surface area (Å²) in [7, 11) is 0. The summed E-state index contributed by atoms with van der Waals surface area (Å²) in [6.07, 6.45) is -0.502. The van der Waals surface area contributed by atoms with Crippen LogP contribution in [0.1, 0.15) is 35.1 Å². The number of carbonyl (C=O) groups excluding carboxylic acids is 1. The molecule has 1 heterocycles. The minimum Gasteiger partial charge on any atom is -0.316 e. The Kier molecular flexibility index (Phi) is 2.81. The summed E-state index contributed by atoms with van der Waals surface area (Å²) in [6, 6.07) is 0. The first-order valence-electron chi connectivity index (χ1n) is 5.21. The number of allylic oxidation sites excluding steroid dienone is 1. The highest BCUT2D eigenvalue weighted by Gasteiger charge is 2.35. The maximum Gasteiger partial charge on any atom is 0.406 e. The van der Waals surface area contributed by atoms with Gasteiger partial charge in [-0.3, -0.25) is 4.79 Å². The Morgan fingerprint density at radius 1 is 1.59 bits per heavy atom. The summed E-state index contributed by atoms with van der Waals surface area (Å²) in [5, 5.41) is 0. The molecule has 1 aliphatic rings. The second kappa shape index (κ2) is 4.01. The van der Waals surface area contributed by atoms with E-state index in [1.165, 1.54) is 6.20 Å². The zero-order valence-corrected chi connectivity index (χ0v) is 9.00. The van der Waals surface area contributed by atoms with E-state index >= 15 is 0 Å². The van der Waals surface area contributed by atoms with Crippen LogP contribution in [0.4, 0.5) is 13.2 Å². The highest BCUT2D eigenvalue weighted by molar-refractivity contribution is 6.02. The molecule has 3 nitrogen and oxygen atoms in total. The van der Waals surface area contributed by atoms with Crippen molar-refractivity contribution in [2.24, 2.45) is 0 Å². The molecule has 0 bridgehead atoms. The lowest BCUT2D eigenvalue weighted by atomic mass is 10.3. The number of carbonyl (C=O) groups is 1. The van der Waals surface area contributed by atoms with Crippen LogP contribution in [-0.4, -0.2) is 21.5 Å². The standard InChI is InChI=1S/C11H11F3N2O/c1-2-9(17)8-5-15-10(7-3-4-7)16(8)6-11(12,13)14/h2,5,7H,1,3-4,6H2. The van der Waals surface area contributed by atoms with Crippen LogP contribution in [0.2, 0.25) is 0 Å². The van der Waals surface area contributed by atoms with Crippen molar-refractivity contribution in [3.05, 3.63) is 30.4 Å². The smallest absolute Gasteiger partial charge is 0.316 e. The predicted octanol–water partition coefficient (Wildman–Crippen LogP) is 2.69. The normalized spacial score (nSPS) is 15.9. The van der Waals surface area contributed by atoms with E-state index in [2.05, 4.69) is 11.6 Å². The third-order valence-electron chi connectivity index (χ3n) is 2.60. The van der Waals surface area contributed by atoms with E-state index < -0.39 is 18.5 Å². The molecular formula is C11H11F3N2O. The van der Waals surface area contributed by atoms with Gasteiger partial charge in [0.1, 0.15) is 18.1 Å². The average Bonchev–Trinajstić information content (AvgIpc) is 2.99. The van der Waals surface area contributed by atoms with Gasteiger partial charge in [-0.2, -0.15) is 13.2 Å². The van der Waals surface area contributed by atoms with Gasteiger partial charge < -0.3 is 4.57 Å². The molecule has 17 heavy (non-hydrogen) atoms. The van der Waals surface area contributed by atoms with Gasteiger partial charge in [0.05, 0.1) is 6.20 Å². The van der Waals surface area contributed by atoms with Crippen LogP contribution < -0.4 is 0 Å². The summed E-state index contributed by atoms with van der Waals surface area (Å²) >= 11 is 0. The van der Waals surface area contributed by atoms with Gasteiger partial charge in [0.15, 0.2) is 0 Å². The zero-order chi connectivity index (χ0) is 12.6. The molecule has 6 heteroatoms. The summed E-state index contributed by atoms with van der Waals surface area (Å²) < 4.78 is 38.3. The number of hydrogen-bond donors (Lipinski definition) is 0. The van der Waals surface area contributed by atoms with Crippen LogP contribution in [0, 0.1) is 0 Å². The van der Waals surface area contributed by atoms with E-state index in [1.54, 1.807) is 0 Å². The Morgan fingerprint density at radius 3 is 2.71 bits per heavy atom. The van der Waals surface area contributed by atoms with Crippen LogP contribution in [0.5, 0.6) is 0 Å². The van der Waals surface area contributed by atoms with Gasteiger partial charge in [-0.15, -0.1) is 0 Å². The number of halogens is 3. The predicted molar refractivity (Wildman–Crippen MR) is 54.8 cm³/mol. The van der Waals surface area contributed by atoms with E-state index in [0.29, 0.717) is 5.82 Å². The Morgan fingerprint density at radius 2 is 2.24 bits per heavy atom. The molecule has 0 unspecified atom stereocenters. The van der Waals surface area contributed by atoms with E-state index in [4.69, 9.17) is 0 Å². The molecule has 2 rings (SSSR count). The van der Waals surface area contributed by atoms with Crippen molar-refractivity contribution < 1.29 is 18.0 Å². The summed E-state index contributed by atoms with van der Waals surface area (Å²) in [6.45, 7) is 2.10. The maximum absolute atomic E-state index is 12.4. The second-order valence-electron chi connectivity index (χ2n) is 4.05. The first kappa shape index (κ1) is 11.9. The Hall–Kier alpha value is -1.59. The van der Waals surface area contributed by atoms with Crippen molar-refractivity contribution in [2.75, 3.05) is 0 Å². The molecule has 1 saturated carbocycles. The number of imidazole rings is 1. The Bertz CT molecular complexity index is 458. The van der Waals surface area contributed by atoms with Gasteiger partial charge >= 0.3 is 6.18 Å². The SMILES string of the molecule is C=CC(=O)c1cnc(C2CC2)n1CC(F)(F)F. The highest BCUT2D eigenvalue weighted by atomic mass is 19.4. The maximum atomic E-state index is 12.4. The van der Waals surface area contributed by atoms with Gasteiger partial charge in [-0.05, 0) is 18.9 Å². The summed E-state index contributed by atoms with van der Waals surface area (Å²) in [5.74, 6) is -0.120. The highest BCUT2D eigenvalue weighted by Crippen LogP contribution is 2.40. The Balaban J connectivity index is 2.39. The van der Waals surface area contributed by atoms with E-state index in [-0.39, 0.29) is 11.6 Å². The average molecular weight is 244 g/mol. The molecule has 1 fully saturated rings. The topological polar surface area (TPSA) is 34.9 Å². The molecule has 0 atom stereocenters. The molecule has 0 amide bonds. The molecule has 0 aliphatic heterocycles. The zero-order valence-electron chi connectivity index (χ0n) is 9.00. The molecule has 0 saturated heterocycles. The lowest BCUT2D eigenvalue weighted by Crippen LogP contribution is -2.22. The fraction of sp³-hybridized carbons (Fsp3) is 0.455. The monoisotopic (exact) mass is 244 g/mol. The number of rotatable bonds is 4. The summed E-state index contributed by atoms with van der Waals surface area (Å²) in [5.41, 5.74) is -0.0424. The van der Waals surface area contributed by atoms with Crippen LogP contribution >= 0.6 is 0 Å². The van der Waals surface area contributed by atoms with Crippen molar-refractivity contribution in [1.82, 2.24) is 9.55 Å². The Labute approximate surface area is 96.0 Å². The van der Waals surface area contributed by atoms with Crippen molar-refractivity contribution >= 4 is 5.78 Å². The number of ketones is 1. The van der Waals surface area contributed by atoms with E-state index in [9.17, 15) is 18.0 Å². The van der Waals surface area contributed by atoms with E-state index in [1.807, 2.05) is 0 Å². The first-order chi connectivity index (χ1) is 7.92. The van der Waals surface area contributed by atoms with Crippen molar-refractivity contribution in [1.29, 1.82) is 0 Å². The van der Waals surface area contributed by atoms with Gasteiger partial charge in [-0.1, -0.05) is 6.58 Å². The molecule has 1 aliphatic carbocycles. The molecule has 1 aromatic rings. The summed E-state index contributed by atoms with van der Waals surface area (Å²) in [4.78, 5) is 15.4. The molecular weight excluding hydrogens is 233 g/mol. The fourth-order valence-electron chi connectivity index (χ4n) is 1.70. The lowest BCUT2D eigenvalue weighted by molar-refractivity contribution is -0.141. The molecule has 0 N–H and O–H groups in total. The molecule has 0 radical (unpaired) electrons. The van der Waals surface area contributed by atoms with Crippen molar-refractivity contribution in [3.63, 3.8) is 0 Å². The largest absolute Gasteiger partial charge is 0.406 e. The molecule has 0 spiro atoms. The van der Waals surface area contributed by atoms with Gasteiger partial charge in [-0.25, -0.2) is 4.98 Å².